The summed E-state index contributed by atoms with van der Waals surface area (Å²) in [6.07, 6.45) is 0. The number of hydrogen-bond acceptors (Lipinski definition) is 2. The molecule has 30 heavy (non-hydrogen) atoms. The van der Waals surface area contributed by atoms with Crippen LogP contribution in [0.5, 0.6) is 0 Å². The lowest BCUT2D eigenvalue weighted by Gasteiger charge is -2.08. The normalized spacial score (nSPS) is 15.5. The molecule has 5 rings (SSSR count). The average Bonchev–Trinajstić information content (AvgIpc) is 3.02. The molecule has 0 N–H and O–H groups in total. The van der Waals surface area contributed by atoms with Crippen molar-refractivity contribution in [2.75, 3.05) is 0 Å². The van der Waals surface area contributed by atoms with Crippen LogP contribution in [-0.4, -0.2) is 11.4 Å². The molecule has 0 heterocycles. The van der Waals surface area contributed by atoms with Gasteiger partial charge in [-0.1, -0.05) is 94.9 Å². The molecule has 0 radical (unpaired) electrons. The van der Waals surface area contributed by atoms with Crippen molar-refractivity contribution in [2.24, 2.45) is 9.98 Å². The number of halogens is 4. The molecule has 0 aliphatic heterocycles. The Morgan fingerprint density at radius 3 is 1.23 bits per heavy atom. The van der Waals surface area contributed by atoms with Gasteiger partial charge in [-0.05, 0) is 29.7 Å². The van der Waals surface area contributed by atoms with Crippen LogP contribution in [0, 0.1) is 0 Å². The Bertz CT molecular complexity index is 1250. The Morgan fingerprint density at radius 1 is 0.467 bits per heavy atom. The highest BCUT2D eigenvalue weighted by Crippen LogP contribution is 2.40. The number of rotatable bonds is 2. The van der Waals surface area contributed by atoms with Crippen molar-refractivity contribution in [3.05, 3.63) is 104 Å². The number of hydrogen-bond donors (Lipinski definition) is 0. The van der Waals surface area contributed by atoms with Gasteiger partial charge in [0, 0.05) is 16.5 Å². The Balaban J connectivity index is 1.85. The second-order valence-electron chi connectivity index (χ2n) is 6.77. The van der Waals surface area contributed by atoms with E-state index in [9.17, 15) is 0 Å². The fourth-order valence-electron chi connectivity index (χ4n) is 3.63. The van der Waals surface area contributed by atoms with Gasteiger partial charge in [0.1, 0.15) is 11.4 Å². The molecule has 0 atom stereocenters. The summed E-state index contributed by atoms with van der Waals surface area (Å²) in [5, 5.41) is 4.03. The Labute approximate surface area is 193 Å². The third-order valence-corrected chi connectivity index (χ3v) is 6.18. The highest BCUT2D eigenvalue weighted by Gasteiger charge is 2.28. The molecule has 2 nitrogen and oxygen atoms in total. The molecule has 6 heteroatoms. The van der Waals surface area contributed by atoms with E-state index in [0.717, 1.165) is 21.9 Å². The minimum atomic E-state index is 0.466. The van der Waals surface area contributed by atoms with Crippen LogP contribution in [0.2, 0.25) is 20.1 Å². The third-order valence-electron chi connectivity index (χ3n) is 4.96. The van der Waals surface area contributed by atoms with Crippen molar-refractivity contribution in [3.63, 3.8) is 0 Å². The maximum atomic E-state index is 6.41. The number of aliphatic imine (C=N–C) groups is 2. The lowest BCUT2D eigenvalue weighted by Crippen LogP contribution is -2.10. The molecule has 0 bridgehead atoms. The molecule has 4 aromatic carbocycles. The quantitative estimate of drug-likeness (QED) is 0.280. The Morgan fingerprint density at radius 2 is 0.833 bits per heavy atom. The first kappa shape index (κ1) is 19.6. The SMILES string of the molecule is Clc1cccc(Cl)c1N=C1C(=Nc2c(Cl)cccc2Cl)c2cccc3cccc1c23. The van der Waals surface area contributed by atoms with Crippen LogP contribution in [0.1, 0.15) is 11.1 Å². The molecule has 0 saturated heterocycles. The first-order valence-corrected chi connectivity index (χ1v) is 10.6. The molecule has 146 valence electrons. The molecule has 0 saturated carbocycles. The third kappa shape index (κ3) is 3.21. The zero-order valence-electron chi connectivity index (χ0n) is 15.3. The van der Waals surface area contributed by atoms with Gasteiger partial charge in [-0.2, -0.15) is 0 Å². The van der Waals surface area contributed by atoms with Gasteiger partial charge in [0.25, 0.3) is 0 Å². The van der Waals surface area contributed by atoms with Crippen molar-refractivity contribution in [3.8, 4) is 0 Å². The van der Waals surface area contributed by atoms with Crippen molar-refractivity contribution in [1.29, 1.82) is 0 Å². The van der Waals surface area contributed by atoms with Gasteiger partial charge in [0.2, 0.25) is 0 Å². The highest BCUT2D eigenvalue weighted by molar-refractivity contribution is 6.62. The molecule has 0 spiro atoms. The summed E-state index contributed by atoms with van der Waals surface area (Å²) in [6.45, 7) is 0. The van der Waals surface area contributed by atoms with Crippen LogP contribution in [0.4, 0.5) is 11.4 Å². The maximum Gasteiger partial charge on any atom is 0.101 e. The standard InChI is InChI=1S/C24H12Cl4N2/c25-16-9-3-10-17(26)23(16)29-21-14-7-1-5-13-6-2-8-15(20(13)14)22(21)30-24-18(27)11-4-12-19(24)28/h1-12H. The zero-order valence-corrected chi connectivity index (χ0v) is 18.4. The topological polar surface area (TPSA) is 24.7 Å². The summed E-state index contributed by atoms with van der Waals surface area (Å²) in [6, 6.07) is 22.8. The minimum Gasteiger partial charge on any atom is -0.243 e. The second kappa shape index (κ2) is 7.72. The van der Waals surface area contributed by atoms with Gasteiger partial charge in [0.15, 0.2) is 0 Å². The lowest BCUT2D eigenvalue weighted by molar-refractivity contribution is 1.50. The number of nitrogens with zero attached hydrogens (tertiary/aromatic N) is 2. The van der Waals surface area contributed by atoms with E-state index in [0.29, 0.717) is 42.9 Å². The van der Waals surface area contributed by atoms with E-state index in [1.807, 2.05) is 24.3 Å². The average molecular weight is 470 g/mol. The highest BCUT2D eigenvalue weighted by atomic mass is 35.5. The maximum absolute atomic E-state index is 6.41. The Hall–Kier alpha value is -2.36. The van der Waals surface area contributed by atoms with Gasteiger partial charge in [-0.3, -0.25) is 0 Å². The first-order chi connectivity index (χ1) is 14.5. The fraction of sp³-hybridized carbons (Fsp3) is 0. The predicted octanol–water partition coefficient (Wildman–Crippen LogP) is 8.71. The van der Waals surface area contributed by atoms with Crippen molar-refractivity contribution >= 4 is 80.0 Å². The van der Waals surface area contributed by atoms with Crippen LogP contribution >= 0.6 is 46.4 Å². The lowest BCUT2D eigenvalue weighted by atomic mass is 10.1. The van der Waals surface area contributed by atoms with E-state index in [-0.39, 0.29) is 0 Å². The van der Waals surface area contributed by atoms with E-state index in [1.54, 1.807) is 36.4 Å². The van der Waals surface area contributed by atoms with Crippen molar-refractivity contribution in [1.82, 2.24) is 0 Å². The van der Waals surface area contributed by atoms with Gasteiger partial charge >= 0.3 is 0 Å². The molecule has 0 amide bonds. The molecule has 4 aromatic rings. The fourth-order valence-corrected chi connectivity index (χ4v) is 4.60. The monoisotopic (exact) mass is 468 g/mol. The summed E-state index contributed by atoms with van der Waals surface area (Å²) in [7, 11) is 0. The largest absolute Gasteiger partial charge is 0.243 e. The summed E-state index contributed by atoms with van der Waals surface area (Å²) >= 11 is 25.6. The zero-order chi connectivity index (χ0) is 20.8. The number of benzene rings is 4. The first-order valence-electron chi connectivity index (χ1n) is 9.13. The van der Waals surface area contributed by atoms with E-state index < -0.39 is 0 Å². The summed E-state index contributed by atoms with van der Waals surface area (Å²) < 4.78 is 0. The molecule has 1 aliphatic rings. The van der Waals surface area contributed by atoms with Gasteiger partial charge < -0.3 is 0 Å². The molecular weight excluding hydrogens is 458 g/mol. The van der Waals surface area contributed by atoms with Crippen molar-refractivity contribution < 1.29 is 0 Å². The summed E-state index contributed by atoms with van der Waals surface area (Å²) in [4.78, 5) is 9.74. The van der Waals surface area contributed by atoms with Crippen LogP contribution in [0.3, 0.4) is 0 Å². The summed E-state index contributed by atoms with van der Waals surface area (Å²) in [5.41, 5.74) is 4.26. The van der Waals surface area contributed by atoms with Crippen LogP contribution in [-0.2, 0) is 0 Å². The van der Waals surface area contributed by atoms with E-state index in [1.165, 1.54) is 0 Å². The van der Waals surface area contributed by atoms with Crippen LogP contribution in [0.15, 0.2) is 82.8 Å². The number of para-hydroxylation sites is 2. The molecule has 1 aliphatic carbocycles. The van der Waals surface area contributed by atoms with Gasteiger partial charge in [-0.15, -0.1) is 0 Å². The molecule has 0 unspecified atom stereocenters. The van der Waals surface area contributed by atoms with E-state index in [4.69, 9.17) is 56.4 Å². The second-order valence-corrected chi connectivity index (χ2v) is 8.40. The van der Waals surface area contributed by atoms with E-state index >= 15 is 0 Å². The van der Waals surface area contributed by atoms with E-state index in [2.05, 4.69) is 12.1 Å². The molecule has 0 aromatic heterocycles. The molecular formula is C24H12Cl4N2. The minimum absolute atomic E-state index is 0.466. The molecule has 0 fully saturated rings. The van der Waals surface area contributed by atoms with Gasteiger partial charge in [0.05, 0.1) is 31.5 Å². The van der Waals surface area contributed by atoms with Crippen LogP contribution in [0.25, 0.3) is 10.8 Å². The predicted molar refractivity (Wildman–Crippen MR) is 129 cm³/mol. The Kier molecular flexibility index (Phi) is 5.04. The van der Waals surface area contributed by atoms with Crippen molar-refractivity contribution in [2.45, 2.75) is 0 Å². The summed E-state index contributed by atoms with van der Waals surface area (Å²) in [5.74, 6) is 0. The van der Waals surface area contributed by atoms with Crippen LogP contribution < -0.4 is 0 Å². The van der Waals surface area contributed by atoms with Gasteiger partial charge in [-0.25, -0.2) is 9.98 Å². The smallest absolute Gasteiger partial charge is 0.101 e.